The Bertz CT molecular complexity index is 825. The predicted molar refractivity (Wildman–Crippen MR) is 91.8 cm³/mol. The third-order valence-electron chi connectivity index (χ3n) is 4.46. The van der Waals surface area contributed by atoms with E-state index in [0.29, 0.717) is 0 Å². The van der Waals surface area contributed by atoms with Gasteiger partial charge in [-0.15, -0.1) is 0 Å². The molecule has 0 aliphatic heterocycles. The minimum absolute atomic E-state index is 0.00313. The van der Waals surface area contributed by atoms with Crippen LogP contribution in [0, 0.1) is 15.9 Å². The van der Waals surface area contributed by atoms with Gasteiger partial charge in [-0.3, -0.25) is 19.8 Å². The first-order chi connectivity index (χ1) is 12.0. The Balaban J connectivity index is 1.69. The minimum Gasteiger partial charge on any atom is -0.319 e. The van der Waals surface area contributed by atoms with E-state index in [1.807, 2.05) is 24.1 Å². The van der Waals surface area contributed by atoms with E-state index in [1.54, 1.807) is 0 Å². The summed E-state index contributed by atoms with van der Waals surface area (Å²) in [4.78, 5) is 24.5. The summed E-state index contributed by atoms with van der Waals surface area (Å²) in [5.41, 5.74) is 2.04. The Morgan fingerprint density at radius 1 is 1.36 bits per heavy atom. The van der Waals surface area contributed by atoms with Crippen LogP contribution in [-0.4, -0.2) is 29.3 Å². The van der Waals surface area contributed by atoms with Crippen molar-refractivity contribution in [2.45, 2.75) is 18.9 Å². The van der Waals surface area contributed by atoms with E-state index in [4.69, 9.17) is 0 Å². The molecule has 0 spiro atoms. The largest absolute Gasteiger partial charge is 0.319 e. The Labute approximate surface area is 144 Å². The molecule has 3 rings (SSSR count). The summed E-state index contributed by atoms with van der Waals surface area (Å²) in [6.45, 7) is 0.0908. The van der Waals surface area contributed by atoms with Crippen LogP contribution >= 0.6 is 0 Å². The summed E-state index contributed by atoms with van der Waals surface area (Å²) < 4.78 is 13.2. The fraction of sp³-hybridized carbons (Fsp3) is 0.278. The zero-order valence-electron chi connectivity index (χ0n) is 13.7. The molecule has 1 amide bonds. The van der Waals surface area contributed by atoms with Crippen LogP contribution in [0.25, 0.3) is 0 Å². The van der Waals surface area contributed by atoms with Crippen LogP contribution in [0.1, 0.15) is 23.6 Å². The van der Waals surface area contributed by atoms with E-state index in [0.717, 1.165) is 25.0 Å². The zero-order chi connectivity index (χ0) is 18.0. The summed E-state index contributed by atoms with van der Waals surface area (Å²) in [5.74, 6) is -1.09. The van der Waals surface area contributed by atoms with Gasteiger partial charge in [0, 0.05) is 6.04 Å². The van der Waals surface area contributed by atoms with Crippen molar-refractivity contribution in [2.24, 2.45) is 0 Å². The van der Waals surface area contributed by atoms with Gasteiger partial charge in [0.25, 0.3) is 5.69 Å². The average Bonchev–Trinajstić information content (AvgIpc) is 3.00. The lowest BCUT2D eigenvalue weighted by Gasteiger charge is -2.24. The van der Waals surface area contributed by atoms with E-state index in [9.17, 15) is 19.3 Å². The molecule has 2 aromatic carbocycles. The van der Waals surface area contributed by atoms with Crippen molar-refractivity contribution in [3.8, 4) is 0 Å². The molecular formula is C18H18FN3O3. The summed E-state index contributed by atoms with van der Waals surface area (Å²) in [7, 11) is 1.85. The lowest BCUT2D eigenvalue weighted by Crippen LogP contribution is -2.32. The van der Waals surface area contributed by atoms with Crippen LogP contribution in [0.15, 0.2) is 42.5 Å². The zero-order valence-corrected chi connectivity index (χ0v) is 13.7. The molecule has 1 aliphatic rings. The molecule has 2 aromatic rings. The summed E-state index contributed by atoms with van der Waals surface area (Å²) >= 11 is 0. The van der Waals surface area contributed by atoms with E-state index < -0.39 is 16.4 Å². The lowest BCUT2D eigenvalue weighted by atomic mass is 10.1. The van der Waals surface area contributed by atoms with E-state index in [-0.39, 0.29) is 24.2 Å². The highest BCUT2D eigenvalue weighted by Gasteiger charge is 2.27. The summed E-state index contributed by atoms with van der Waals surface area (Å²) in [6, 6.07) is 11.4. The van der Waals surface area contributed by atoms with Crippen molar-refractivity contribution < 1.29 is 14.1 Å². The lowest BCUT2D eigenvalue weighted by molar-refractivity contribution is -0.384. The highest BCUT2D eigenvalue weighted by Crippen LogP contribution is 2.34. The molecular weight excluding hydrogens is 325 g/mol. The fourth-order valence-corrected chi connectivity index (χ4v) is 3.28. The number of anilines is 1. The number of hydrogen-bond acceptors (Lipinski definition) is 4. The van der Waals surface area contributed by atoms with Crippen molar-refractivity contribution >= 4 is 17.3 Å². The second kappa shape index (κ2) is 6.98. The maximum Gasteiger partial charge on any atom is 0.295 e. The first-order valence-electron chi connectivity index (χ1n) is 7.97. The molecule has 0 bridgehead atoms. The molecule has 0 aromatic heterocycles. The van der Waals surface area contributed by atoms with Crippen molar-refractivity contribution in [2.75, 3.05) is 18.9 Å². The number of hydrogen-bond donors (Lipinski definition) is 1. The first kappa shape index (κ1) is 17.0. The second-order valence-corrected chi connectivity index (χ2v) is 6.14. The Morgan fingerprint density at radius 3 is 2.88 bits per heavy atom. The van der Waals surface area contributed by atoms with Crippen LogP contribution in [0.5, 0.6) is 0 Å². The van der Waals surface area contributed by atoms with Gasteiger partial charge in [-0.05, 0) is 43.1 Å². The van der Waals surface area contributed by atoms with Gasteiger partial charge < -0.3 is 5.32 Å². The van der Waals surface area contributed by atoms with E-state index in [1.165, 1.54) is 17.2 Å². The van der Waals surface area contributed by atoms with Crippen LogP contribution in [0.2, 0.25) is 0 Å². The number of fused-ring (bicyclic) bond motifs is 1. The monoisotopic (exact) mass is 343 g/mol. The van der Waals surface area contributed by atoms with Gasteiger partial charge in [-0.1, -0.05) is 24.3 Å². The van der Waals surface area contributed by atoms with Crippen molar-refractivity contribution in [1.82, 2.24) is 4.90 Å². The summed E-state index contributed by atoms with van der Waals surface area (Å²) in [5, 5.41) is 13.5. The molecule has 0 saturated heterocycles. The Kier molecular flexibility index (Phi) is 4.76. The van der Waals surface area contributed by atoms with Gasteiger partial charge in [0.05, 0.1) is 17.5 Å². The predicted octanol–water partition coefficient (Wildman–Crippen LogP) is 3.29. The molecule has 0 fully saturated rings. The number of amides is 1. The number of carbonyl (C=O) groups is 1. The van der Waals surface area contributed by atoms with Crippen LogP contribution in [0.4, 0.5) is 15.8 Å². The SMILES string of the molecule is CN(CC(=O)Nc1ccc(F)cc1[N+](=O)[O-])[C@H]1CCc2ccccc21. The molecule has 1 atom stereocenters. The first-order valence-corrected chi connectivity index (χ1v) is 7.97. The number of likely N-dealkylation sites (N-methyl/N-ethyl adjacent to an activating group) is 1. The Hall–Kier alpha value is -2.80. The van der Waals surface area contributed by atoms with Crippen molar-refractivity contribution in [3.05, 3.63) is 69.5 Å². The molecule has 130 valence electrons. The van der Waals surface area contributed by atoms with Gasteiger partial charge in [0.15, 0.2) is 0 Å². The molecule has 1 N–H and O–H groups in total. The smallest absolute Gasteiger partial charge is 0.295 e. The highest BCUT2D eigenvalue weighted by atomic mass is 19.1. The number of carbonyl (C=O) groups excluding carboxylic acids is 1. The van der Waals surface area contributed by atoms with Crippen LogP contribution in [0.3, 0.4) is 0 Å². The van der Waals surface area contributed by atoms with E-state index in [2.05, 4.69) is 17.4 Å². The van der Waals surface area contributed by atoms with Gasteiger partial charge in [-0.2, -0.15) is 0 Å². The van der Waals surface area contributed by atoms with E-state index >= 15 is 0 Å². The third kappa shape index (κ3) is 3.66. The molecule has 0 saturated carbocycles. The van der Waals surface area contributed by atoms with Gasteiger partial charge >= 0.3 is 0 Å². The van der Waals surface area contributed by atoms with Crippen molar-refractivity contribution in [1.29, 1.82) is 0 Å². The van der Waals surface area contributed by atoms with Crippen LogP contribution < -0.4 is 5.32 Å². The van der Waals surface area contributed by atoms with Gasteiger partial charge in [-0.25, -0.2) is 4.39 Å². The molecule has 0 heterocycles. The average molecular weight is 343 g/mol. The third-order valence-corrected chi connectivity index (χ3v) is 4.46. The molecule has 7 heteroatoms. The normalized spacial score (nSPS) is 15.9. The van der Waals surface area contributed by atoms with Crippen LogP contribution in [-0.2, 0) is 11.2 Å². The number of aryl methyl sites for hydroxylation is 1. The van der Waals surface area contributed by atoms with Crippen molar-refractivity contribution in [3.63, 3.8) is 0 Å². The van der Waals surface area contributed by atoms with Gasteiger partial charge in [0.1, 0.15) is 11.5 Å². The number of nitro groups is 1. The molecule has 0 unspecified atom stereocenters. The topological polar surface area (TPSA) is 75.5 Å². The number of nitrogens with one attached hydrogen (secondary N) is 1. The quantitative estimate of drug-likeness (QED) is 0.668. The highest BCUT2D eigenvalue weighted by molar-refractivity contribution is 5.94. The van der Waals surface area contributed by atoms with Gasteiger partial charge in [0.2, 0.25) is 5.91 Å². The number of nitro benzene ring substituents is 1. The molecule has 0 radical (unpaired) electrons. The number of rotatable bonds is 5. The minimum atomic E-state index is -0.718. The molecule has 25 heavy (non-hydrogen) atoms. The Morgan fingerprint density at radius 2 is 2.12 bits per heavy atom. The number of nitrogens with zero attached hydrogens (tertiary/aromatic N) is 2. The maximum absolute atomic E-state index is 13.2. The molecule has 1 aliphatic carbocycles. The standard InChI is InChI=1S/C18H18FN3O3/c1-21(16-9-6-12-4-2-3-5-14(12)16)11-18(23)20-15-8-7-13(19)10-17(15)22(24)25/h2-5,7-8,10,16H,6,9,11H2,1H3,(H,20,23)/t16-/m0/s1. The number of halogens is 1. The second-order valence-electron chi connectivity index (χ2n) is 6.14. The molecule has 6 nitrogen and oxygen atoms in total. The summed E-state index contributed by atoms with van der Waals surface area (Å²) in [6.07, 6.45) is 1.90. The maximum atomic E-state index is 13.2. The number of benzene rings is 2. The fourth-order valence-electron chi connectivity index (χ4n) is 3.28.